The van der Waals surface area contributed by atoms with Crippen molar-refractivity contribution in [2.45, 2.75) is 31.4 Å². The Hall–Kier alpha value is -0.160. The van der Waals surface area contributed by atoms with Gasteiger partial charge in [-0.2, -0.15) is 0 Å². The normalized spacial score (nSPS) is 34.1. The highest BCUT2D eigenvalue weighted by atomic mass is 16.5. The van der Waals surface area contributed by atoms with E-state index >= 15 is 0 Å². The lowest BCUT2D eigenvalue weighted by Crippen LogP contribution is -2.47. The van der Waals surface area contributed by atoms with Gasteiger partial charge in [-0.05, 0) is 39.4 Å². The third-order valence-corrected chi connectivity index (χ3v) is 3.76. The summed E-state index contributed by atoms with van der Waals surface area (Å²) in [5, 5.41) is 0. The molecule has 94 valence electrons. The highest BCUT2D eigenvalue weighted by molar-refractivity contribution is 4.82. The average molecular weight is 227 g/mol. The van der Waals surface area contributed by atoms with Crippen LogP contribution in [0.25, 0.3) is 0 Å². The van der Waals surface area contributed by atoms with Crippen LogP contribution in [-0.2, 0) is 4.74 Å². The summed E-state index contributed by atoms with van der Waals surface area (Å²) < 4.78 is 5.72. The molecule has 2 aliphatic rings. The molecular formula is C12H25N3O. The third-order valence-electron chi connectivity index (χ3n) is 3.76. The van der Waals surface area contributed by atoms with Gasteiger partial charge in [-0.1, -0.05) is 0 Å². The zero-order valence-electron chi connectivity index (χ0n) is 10.4. The molecule has 0 aromatic carbocycles. The number of nitrogens with zero attached hydrogens (tertiary/aromatic N) is 2. The lowest BCUT2D eigenvalue weighted by molar-refractivity contribution is 0.0589. The van der Waals surface area contributed by atoms with Crippen LogP contribution >= 0.6 is 0 Å². The minimum Gasteiger partial charge on any atom is -0.377 e. The quantitative estimate of drug-likeness (QED) is 0.744. The molecule has 0 radical (unpaired) electrons. The Morgan fingerprint density at radius 3 is 2.88 bits per heavy atom. The fourth-order valence-electron chi connectivity index (χ4n) is 2.81. The Labute approximate surface area is 98.7 Å². The summed E-state index contributed by atoms with van der Waals surface area (Å²) in [4.78, 5) is 4.94. The number of ether oxygens (including phenoxy) is 1. The van der Waals surface area contributed by atoms with E-state index in [1.54, 1.807) is 0 Å². The van der Waals surface area contributed by atoms with Gasteiger partial charge in [-0.15, -0.1) is 0 Å². The van der Waals surface area contributed by atoms with E-state index in [1.807, 2.05) is 0 Å². The first-order valence-electron chi connectivity index (χ1n) is 6.54. The fraction of sp³-hybridized carbons (Fsp3) is 1.00. The molecule has 16 heavy (non-hydrogen) atoms. The van der Waals surface area contributed by atoms with E-state index in [0.717, 1.165) is 26.2 Å². The SMILES string of the molecule is CN1CCCN(CC2CCCO2)C(CN)C1. The summed E-state index contributed by atoms with van der Waals surface area (Å²) in [5.41, 5.74) is 5.89. The Kier molecular flexibility index (Phi) is 4.58. The van der Waals surface area contributed by atoms with Gasteiger partial charge >= 0.3 is 0 Å². The van der Waals surface area contributed by atoms with Crippen molar-refractivity contribution in [3.63, 3.8) is 0 Å². The molecule has 0 spiro atoms. The molecule has 4 nitrogen and oxygen atoms in total. The molecule has 2 fully saturated rings. The van der Waals surface area contributed by atoms with E-state index in [0.29, 0.717) is 12.1 Å². The Balaban J connectivity index is 1.88. The molecule has 0 amide bonds. The van der Waals surface area contributed by atoms with E-state index in [-0.39, 0.29) is 0 Å². The van der Waals surface area contributed by atoms with E-state index < -0.39 is 0 Å². The first-order valence-corrected chi connectivity index (χ1v) is 6.54. The van der Waals surface area contributed by atoms with E-state index in [1.165, 1.54) is 32.4 Å². The lowest BCUT2D eigenvalue weighted by atomic mass is 10.2. The van der Waals surface area contributed by atoms with Crippen molar-refractivity contribution in [1.29, 1.82) is 0 Å². The second-order valence-electron chi connectivity index (χ2n) is 5.14. The van der Waals surface area contributed by atoms with Crippen LogP contribution in [0.15, 0.2) is 0 Å². The van der Waals surface area contributed by atoms with Crippen LogP contribution in [0.3, 0.4) is 0 Å². The topological polar surface area (TPSA) is 41.7 Å². The summed E-state index contributed by atoms with van der Waals surface area (Å²) >= 11 is 0. The van der Waals surface area contributed by atoms with Gasteiger partial charge in [0, 0.05) is 32.3 Å². The van der Waals surface area contributed by atoms with Crippen LogP contribution in [0.1, 0.15) is 19.3 Å². The van der Waals surface area contributed by atoms with Gasteiger partial charge in [0.2, 0.25) is 0 Å². The molecule has 4 heteroatoms. The molecule has 2 saturated heterocycles. The first-order chi connectivity index (χ1) is 7.79. The molecular weight excluding hydrogens is 202 g/mol. The maximum absolute atomic E-state index is 5.89. The number of rotatable bonds is 3. The smallest absolute Gasteiger partial charge is 0.0702 e. The van der Waals surface area contributed by atoms with Gasteiger partial charge in [-0.3, -0.25) is 4.90 Å². The third kappa shape index (κ3) is 3.17. The van der Waals surface area contributed by atoms with E-state index in [4.69, 9.17) is 10.5 Å². The van der Waals surface area contributed by atoms with Crippen LogP contribution < -0.4 is 5.73 Å². The van der Waals surface area contributed by atoms with Gasteiger partial charge in [0.25, 0.3) is 0 Å². The van der Waals surface area contributed by atoms with Gasteiger partial charge in [-0.25, -0.2) is 0 Å². The second kappa shape index (κ2) is 5.96. The standard InChI is InChI=1S/C12H25N3O/c1-14-5-3-6-15(11(8-13)9-14)10-12-4-2-7-16-12/h11-12H,2-10,13H2,1H3. The minimum atomic E-state index is 0.456. The Morgan fingerprint density at radius 1 is 1.31 bits per heavy atom. The van der Waals surface area contributed by atoms with Crippen molar-refractivity contribution in [3.05, 3.63) is 0 Å². The fourth-order valence-corrected chi connectivity index (χ4v) is 2.81. The predicted octanol–water partition coefficient (Wildman–Crippen LogP) is 0.130. The molecule has 2 N–H and O–H groups in total. The second-order valence-corrected chi connectivity index (χ2v) is 5.14. The summed E-state index contributed by atoms with van der Waals surface area (Å²) in [6, 6.07) is 0.511. The van der Waals surface area contributed by atoms with Crippen LogP contribution in [0.5, 0.6) is 0 Å². The first kappa shape index (κ1) is 12.3. The maximum Gasteiger partial charge on any atom is 0.0702 e. The minimum absolute atomic E-state index is 0.456. The highest BCUT2D eigenvalue weighted by Crippen LogP contribution is 2.16. The molecule has 0 bridgehead atoms. The van der Waals surface area contributed by atoms with Gasteiger partial charge in [0.1, 0.15) is 0 Å². The number of hydrogen-bond acceptors (Lipinski definition) is 4. The lowest BCUT2D eigenvalue weighted by Gasteiger charge is -2.31. The van der Waals surface area contributed by atoms with Crippen molar-refractivity contribution in [1.82, 2.24) is 9.80 Å². The van der Waals surface area contributed by atoms with Gasteiger partial charge in [0.15, 0.2) is 0 Å². The van der Waals surface area contributed by atoms with Crippen LogP contribution in [0, 0.1) is 0 Å². The molecule has 2 rings (SSSR count). The molecule has 0 saturated carbocycles. The molecule has 2 heterocycles. The average Bonchev–Trinajstić information content (AvgIpc) is 2.70. The van der Waals surface area contributed by atoms with E-state index in [9.17, 15) is 0 Å². The van der Waals surface area contributed by atoms with Crippen molar-refractivity contribution in [2.75, 3.05) is 46.4 Å². The zero-order chi connectivity index (χ0) is 11.4. The highest BCUT2D eigenvalue weighted by Gasteiger charge is 2.26. The molecule has 2 unspecified atom stereocenters. The van der Waals surface area contributed by atoms with Crippen molar-refractivity contribution in [2.24, 2.45) is 5.73 Å². The molecule has 2 aliphatic heterocycles. The summed E-state index contributed by atoms with van der Waals surface area (Å²) in [6.45, 7) is 6.26. The van der Waals surface area contributed by atoms with E-state index in [2.05, 4.69) is 16.8 Å². The van der Waals surface area contributed by atoms with Crippen LogP contribution in [-0.4, -0.2) is 68.3 Å². The molecule has 0 aliphatic carbocycles. The summed E-state index contributed by atoms with van der Waals surface area (Å²) in [6.07, 6.45) is 4.16. The van der Waals surface area contributed by atoms with Crippen LogP contribution in [0.4, 0.5) is 0 Å². The van der Waals surface area contributed by atoms with Crippen LogP contribution in [0.2, 0.25) is 0 Å². The number of nitrogens with two attached hydrogens (primary N) is 1. The zero-order valence-corrected chi connectivity index (χ0v) is 10.4. The Morgan fingerprint density at radius 2 is 2.19 bits per heavy atom. The summed E-state index contributed by atoms with van der Waals surface area (Å²) in [5.74, 6) is 0. The molecule has 0 aromatic heterocycles. The largest absolute Gasteiger partial charge is 0.377 e. The van der Waals surface area contributed by atoms with Gasteiger partial charge in [0.05, 0.1) is 6.10 Å². The monoisotopic (exact) mass is 227 g/mol. The summed E-state index contributed by atoms with van der Waals surface area (Å²) in [7, 11) is 2.19. The van der Waals surface area contributed by atoms with Crippen molar-refractivity contribution < 1.29 is 4.74 Å². The number of hydrogen-bond donors (Lipinski definition) is 1. The van der Waals surface area contributed by atoms with Crippen molar-refractivity contribution >= 4 is 0 Å². The van der Waals surface area contributed by atoms with Gasteiger partial charge < -0.3 is 15.4 Å². The molecule has 0 aromatic rings. The molecule has 2 atom stereocenters. The Bertz CT molecular complexity index is 206. The number of likely N-dealkylation sites (N-methyl/N-ethyl adjacent to an activating group) is 1. The predicted molar refractivity (Wildman–Crippen MR) is 65.5 cm³/mol. The maximum atomic E-state index is 5.89. The van der Waals surface area contributed by atoms with Crippen molar-refractivity contribution in [3.8, 4) is 0 Å².